The molecule has 2 rings (SSSR count). The van der Waals surface area contributed by atoms with Crippen LogP contribution in [0.1, 0.15) is 70.9 Å². The number of hydrogen-bond acceptors (Lipinski definition) is 5. The average Bonchev–Trinajstić information content (AvgIpc) is 3.03. The maximum atomic E-state index is 13.6. The van der Waals surface area contributed by atoms with Gasteiger partial charge in [0, 0.05) is 31.6 Å². The van der Waals surface area contributed by atoms with Crippen molar-refractivity contribution in [3.63, 3.8) is 0 Å². The predicted octanol–water partition coefficient (Wildman–Crippen LogP) is 3.05. The molecule has 11 nitrogen and oxygen atoms in total. The fourth-order valence-electron chi connectivity index (χ4n) is 4.85. The standard InChI is InChI=1S/C36H53N7O4/c1-25(2)23-30(35(47)43-31(26(3)4)24-40-32(44)21-20-28-15-9-6-10-16-28)42-34(46)29(18-12-22-39-36(37)38)41-33(45)19-11-17-27-13-7-5-8-14-27/h5-10,13-16,20-21,25-26,29-31H,11-12,17-19,22-24H2,1-4H3,(H,40,44)(H,41,45)(H,42,46)(H,43,47)(H4,37,38,39)/b21-20+/t29-,30-,31+/m0/s1. The third-order valence-electron chi connectivity index (χ3n) is 7.50. The number of carbonyl (C=O) groups is 4. The van der Waals surface area contributed by atoms with Crippen molar-refractivity contribution < 1.29 is 19.2 Å². The van der Waals surface area contributed by atoms with Crippen LogP contribution in [0.25, 0.3) is 6.08 Å². The molecule has 0 spiro atoms. The molecule has 0 saturated carbocycles. The molecule has 11 heteroatoms. The van der Waals surface area contributed by atoms with E-state index >= 15 is 0 Å². The number of carbonyl (C=O) groups excluding carboxylic acids is 4. The summed E-state index contributed by atoms with van der Waals surface area (Å²) in [5.74, 6) is -1.27. The van der Waals surface area contributed by atoms with Crippen molar-refractivity contribution in [3.05, 3.63) is 77.9 Å². The minimum absolute atomic E-state index is 0.00575. The zero-order chi connectivity index (χ0) is 34.6. The van der Waals surface area contributed by atoms with E-state index in [-0.39, 0.29) is 54.5 Å². The minimum atomic E-state index is -0.868. The van der Waals surface area contributed by atoms with E-state index in [9.17, 15) is 19.2 Å². The summed E-state index contributed by atoms with van der Waals surface area (Å²) in [5.41, 5.74) is 12.9. The molecule has 0 aromatic heterocycles. The maximum Gasteiger partial charge on any atom is 0.244 e. The monoisotopic (exact) mass is 647 g/mol. The molecule has 0 heterocycles. The van der Waals surface area contributed by atoms with Gasteiger partial charge in [-0.05, 0) is 61.1 Å². The Kier molecular flexibility index (Phi) is 17.4. The topological polar surface area (TPSA) is 181 Å². The Balaban J connectivity index is 2.04. The second-order valence-corrected chi connectivity index (χ2v) is 12.4. The lowest BCUT2D eigenvalue weighted by atomic mass is 9.99. The van der Waals surface area contributed by atoms with Crippen molar-refractivity contribution in [2.75, 3.05) is 13.1 Å². The molecule has 4 amide bonds. The van der Waals surface area contributed by atoms with Crippen molar-refractivity contribution in [1.82, 2.24) is 21.3 Å². The summed E-state index contributed by atoms with van der Waals surface area (Å²) in [6, 6.07) is 17.3. The molecule has 0 aliphatic rings. The molecule has 3 atom stereocenters. The van der Waals surface area contributed by atoms with Gasteiger partial charge in [-0.15, -0.1) is 0 Å². The van der Waals surface area contributed by atoms with Crippen LogP contribution >= 0.6 is 0 Å². The Morgan fingerprint density at radius 1 is 0.809 bits per heavy atom. The van der Waals surface area contributed by atoms with Gasteiger partial charge >= 0.3 is 0 Å². The largest absolute Gasteiger partial charge is 0.370 e. The highest BCUT2D eigenvalue weighted by Gasteiger charge is 2.29. The molecule has 0 bridgehead atoms. The Labute approximate surface area is 279 Å². The highest BCUT2D eigenvalue weighted by Crippen LogP contribution is 2.10. The summed E-state index contributed by atoms with van der Waals surface area (Å²) >= 11 is 0. The van der Waals surface area contributed by atoms with Gasteiger partial charge in [-0.1, -0.05) is 88.4 Å². The molecule has 8 N–H and O–H groups in total. The number of aryl methyl sites for hydroxylation is 1. The van der Waals surface area contributed by atoms with E-state index in [1.807, 2.05) is 88.4 Å². The Morgan fingerprint density at radius 2 is 1.45 bits per heavy atom. The first kappa shape index (κ1) is 38.5. The number of hydrogen-bond donors (Lipinski definition) is 6. The van der Waals surface area contributed by atoms with Crippen LogP contribution in [0.15, 0.2) is 71.7 Å². The van der Waals surface area contributed by atoms with Gasteiger partial charge in [0.25, 0.3) is 0 Å². The number of benzene rings is 2. The lowest BCUT2D eigenvalue weighted by molar-refractivity contribution is -0.133. The lowest BCUT2D eigenvalue weighted by Gasteiger charge is -2.28. The third-order valence-corrected chi connectivity index (χ3v) is 7.50. The van der Waals surface area contributed by atoms with Gasteiger partial charge in [0.1, 0.15) is 12.1 Å². The van der Waals surface area contributed by atoms with Crippen molar-refractivity contribution in [2.45, 2.75) is 84.3 Å². The first-order valence-electron chi connectivity index (χ1n) is 16.4. The summed E-state index contributed by atoms with van der Waals surface area (Å²) in [7, 11) is 0. The smallest absolute Gasteiger partial charge is 0.244 e. The van der Waals surface area contributed by atoms with Crippen LogP contribution in [0.2, 0.25) is 0 Å². The van der Waals surface area contributed by atoms with Gasteiger partial charge in [0.15, 0.2) is 5.96 Å². The van der Waals surface area contributed by atoms with E-state index in [0.29, 0.717) is 32.2 Å². The van der Waals surface area contributed by atoms with E-state index in [2.05, 4.69) is 26.3 Å². The summed E-state index contributed by atoms with van der Waals surface area (Å²) < 4.78 is 0. The second-order valence-electron chi connectivity index (χ2n) is 12.4. The molecular weight excluding hydrogens is 594 g/mol. The quantitative estimate of drug-likeness (QED) is 0.0556. The first-order valence-corrected chi connectivity index (χ1v) is 16.4. The lowest BCUT2D eigenvalue weighted by Crippen LogP contribution is -2.57. The van der Waals surface area contributed by atoms with Crippen molar-refractivity contribution in [3.8, 4) is 0 Å². The van der Waals surface area contributed by atoms with Gasteiger partial charge in [-0.25, -0.2) is 0 Å². The fraction of sp³-hybridized carbons (Fsp3) is 0.472. The predicted molar refractivity (Wildman–Crippen MR) is 188 cm³/mol. The van der Waals surface area contributed by atoms with Crippen LogP contribution in [0.4, 0.5) is 0 Å². The number of guanidine groups is 1. The van der Waals surface area contributed by atoms with Crippen LogP contribution in [0.3, 0.4) is 0 Å². The molecule has 0 aliphatic heterocycles. The van der Waals surface area contributed by atoms with Crippen LogP contribution in [-0.2, 0) is 25.6 Å². The summed E-state index contributed by atoms with van der Waals surface area (Å²) in [6.45, 7) is 8.35. The summed E-state index contributed by atoms with van der Waals surface area (Å²) in [5, 5.41) is 11.6. The van der Waals surface area contributed by atoms with Gasteiger partial charge in [0.05, 0.1) is 0 Å². The normalized spacial score (nSPS) is 13.1. The average molecular weight is 648 g/mol. The number of nitrogens with zero attached hydrogens (tertiary/aromatic N) is 1. The van der Waals surface area contributed by atoms with E-state index in [1.54, 1.807) is 6.08 Å². The summed E-state index contributed by atoms with van der Waals surface area (Å²) in [4.78, 5) is 56.5. The van der Waals surface area contributed by atoms with Crippen LogP contribution in [0, 0.1) is 11.8 Å². The van der Waals surface area contributed by atoms with E-state index in [0.717, 1.165) is 17.5 Å². The first-order chi connectivity index (χ1) is 22.4. The molecule has 0 saturated heterocycles. The number of amides is 4. The molecule has 256 valence electrons. The van der Waals surface area contributed by atoms with E-state index in [4.69, 9.17) is 11.5 Å². The van der Waals surface area contributed by atoms with Crippen molar-refractivity contribution in [2.24, 2.45) is 28.3 Å². The van der Waals surface area contributed by atoms with Crippen molar-refractivity contribution >= 4 is 35.7 Å². The zero-order valence-electron chi connectivity index (χ0n) is 28.2. The van der Waals surface area contributed by atoms with Gasteiger partial charge in [0.2, 0.25) is 23.6 Å². The molecule has 0 fully saturated rings. The molecular formula is C36H53N7O4. The van der Waals surface area contributed by atoms with Gasteiger partial charge in [-0.3, -0.25) is 24.2 Å². The molecule has 0 aliphatic carbocycles. The summed E-state index contributed by atoms with van der Waals surface area (Å²) in [6.07, 6.45) is 5.95. The molecule has 2 aromatic rings. The van der Waals surface area contributed by atoms with Gasteiger partial charge in [-0.2, -0.15) is 0 Å². The van der Waals surface area contributed by atoms with E-state index in [1.165, 1.54) is 6.08 Å². The maximum absolute atomic E-state index is 13.6. The Hall–Kier alpha value is -4.67. The van der Waals surface area contributed by atoms with Crippen LogP contribution in [-0.4, -0.2) is 60.8 Å². The highest BCUT2D eigenvalue weighted by molar-refractivity contribution is 5.93. The number of nitrogens with one attached hydrogen (secondary N) is 4. The minimum Gasteiger partial charge on any atom is -0.370 e. The Morgan fingerprint density at radius 3 is 2.06 bits per heavy atom. The molecule has 47 heavy (non-hydrogen) atoms. The zero-order valence-corrected chi connectivity index (χ0v) is 28.2. The number of rotatable bonds is 20. The highest BCUT2D eigenvalue weighted by atomic mass is 16.2. The number of aliphatic imine (C=N–C) groups is 1. The van der Waals surface area contributed by atoms with E-state index < -0.39 is 18.0 Å². The number of nitrogens with two attached hydrogens (primary N) is 2. The SMILES string of the molecule is CC(C)C[C@H](NC(=O)[C@H](CCCN=C(N)N)NC(=O)CCCc1ccccc1)C(=O)N[C@H](CNC(=O)/C=C/c1ccccc1)C(C)C. The molecule has 2 aromatic carbocycles. The Bertz CT molecular complexity index is 1310. The fourth-order valence-corrected chi connectivity index (χ4v) is 4.85. The van der Waals surface area contributed by atoms with Crippen LogP contribution < -0.4 is 32.7 Å². The van der Waals surface area contributed by atoms with Gasteiger partial charge < -0.3 is 32.7 Å². The molecule has 0 unspecified atom stereocenters. The van der Waals surface area contributed by atoms with Crippen molar-refractivity contribution in [1.29, 1.82) is 0 Å². The van der Waals surface area contributed by atoms with Crippen LogP contribution in [0.5, 0.6) is 0 Å². The third kappa shape index (κ3) is 16.5. The molecule has 0 radical (unpaired) electrons. The second kappa shape index (κ2) is 21.2.